The van der Waals surface area contributed by atoms with Gasteiger partial charge in [-0.05, 0) is 43.5 Å². The normalized spacial score (nSPS) is 11.6. The van der Waals surface area contributed by atoms with Crippen molar-refractivity contribution in [1.82, 2.24) is 10.2 Å². The number of H-pyrrole nitrogens is 1. The molecule has 2 aromatic rings. The van der Waals surface area contributed by atoms with Gasteiger partial charge in [0, 0.05) is 11.8 Å². The first-order chi connectivity index (χ1) is 9.83. The van der Waals surface area contributed by atoms with E-state index in [0.717, 1.165) is 29.7 Å². The number of aromatic amines is 1. The maximum Gasteiger partial charge on any atom is 0.265 e. The second-order valence-electron chi connectivity index (χ2n) is 5.11. The van der Waals surface area contributed by atoms with E-state index in [-0.39, 0.29) is 16.4 Å². The zero-order valence-electron chi connectivity index (χ0n) is 12.4. The van der Waals surface area contributed by atoms with Crippen molar-refractivity contribution in [2.24, 2.45) is 0 Å². The second kappa shape index (κ2) is 5.77. The molecule has 1 heterocycles. The van der Waals surface area contributed by atoms with Crippen molar-refractivity contribution in [3.8, 4) is 0 Å². The number of hydrogen-bond donors (Lipinski definition) is 3. The molecule has 0 aliphatic carbocycles. The van der Waals surface area contributed by atoms with E-state index in [4.69, 9.17) is 5.73 Å². The van der Waals surface area contributed by atoms with Crippen LogP contribution in [-0.4, -0.2) is 18.6 Å². The first-order valence-corrected chi connectivity index (χ1v) is 8.25. The van der Waals surface area contributed by atoms with Crippen LogP contribution >= 0.6 is 0 Å². The molecule has 0 saturated heterocycles. The summed E-state index contributed by atoms with van der Waals surface area (Å²) in [6.45, 7) is 5.78. The highest BCUT2D eigenvalue weighted by Gasteiger charge is 2.19. The lowest BCUT2D eigenvalue weighted by Crippen LogP contribution is -2.15. The maximum atomic E-state index is 12.4. The Balaban J connectivity index is 2.31. The molecule has 6 nitrogen and oxygen atoms in total. The van der Waals surface area contributed by atoms with Crippen molar-refractivity contribution in [2.75, 3.05) is 10.5 Å². The van der Waals surface area contributed by atoms with Crippen LogP contribution in [0.1, 0.15) is 30.2 Å². The lowest BCUT2D eigenvalue weighted by Gasteiger charge is -2.10. The summed E-state index contributed by atoms with van der Waals surface area (Å²) in [5.74, 6) is 0.274. The fourth-order valence-corrected chi connectivity index (χ4v) is 3.24. The van der Waals surface area contributed by atoms with Crippen molar-refractivity contribution in [1.29, 1.82) is 0 Å². The second-order valence-corrected chi connectivity index (χ2v) is 6.76. The summed E-state index contributed by atoms with van der Waals surface area (Å²) >= 11 is 0. The number of rotatable bonds is 5. The topological polar surface area (TPSA) is 101 Å². The largest absolute Gasteiger partial charge is 0.398 e. The van der Waals surface area contributed by atoms with E-state index in [0.29, 0.717) is 0 Å². The van der Waals surface area contributed by atoms with Gasteiger partial charge >= 0.3 is 0 Å². The Labute approximate surface area is 124 Å². The molecular weight excluding hydrogens is 288 g/mol. The molecule has 0 unspecified atom stereocenters. The van der Waals surface area contributed by atoms with Gasteiger partial charge in [-0.2, -0.15) is 5.10 Å². The Morgan fingerprint density at radius 1 is 1.24 bits per heavy atom. The molecule has 0 aliphatic heterocycles. The molecule has 114 valence electrons. The summed E-state index contributed by atoms with van der Waals surface area (Å²) in [6.07, 6.45) is 1.78. The van der Waals surface area contributed by atoms with Crippen LogP contribution in [0.15, 0.2) is 23.1 Å². The minimum absolute atomic E-state index is 0.0747. The van der Waals surface area contributed by atoms with E-state index in [1.54, 1.807) is 18.2 Å². The van der Waals surface area contributed by atoms with E-state index >= 15 is 0 Å². The molecule has 0 spiro atoms. The van der Waals surface area contributed by atoms with Crippen molar-refractivity contribution < 1.29 is 8.42 Å². The lowest BCUT2D eigenvalue weighted by molar-refractivity contribution is 0.601. The monoisotopic (exact) mass is 308 g/mol. The number of benzene rings is 1. The number of nitrogens with two attached hydrogens (primary N) is 1. The number of sulfonamides is 1. The summed E-state index contributed by atoms with van der Waals surface area (Å²) in [5, 5.41) is 6.77. The van der Waals surface area contributed by atoms with Crippen molar-refractivity contribution in [3.05, 3.63) is 35.0 Å². The Hall–Kier alpha value is -2.02. The molecular formula is C14H20N4O2S. The maximum absolute atomic E-state index is 12.4. The summed E-state index contributed by atoms with van der Waals surface area (Å²) in [4.78, 5) is 0.0747. The van der Waals surface area contributed by atoms with Crippen molar-refractivity contribution >= 4 is 21.5 Å². The van der Waals surface area contributed by atoms with Crippen LogP contribution in [0.5, 0.6) is 0 Å². The first kappa shape index (κ1) is 15.4. The van der Waals surface area contributed by atoms with Gasteiger partial charge in [0.15, 0.2) is 5.82 Å². The number of nitrogens with one attached hydrogen (secondary N) is 2. The van der Waals surface area contributed by atoms with E-state index in [9.17, 15) is 8.42 Å². The lowest BCUT2D eigenvalue weighted by atomic mass is 10.1. The van der Waals surface area contributed by atoms with Crippen LogP contribution in [0.25, 0.3) is 0 Å². The summed E-state index contributed by atoms with van der Waals surface area (Å²) < 4.78 is 27.3. The highest BCUT2D eigenvalue weighted by Crippen LogP contribution is 2.24. The molecule has 0 atom stereocenters. The molecule has 0 bridgehead atoms. The number of aryl methyl sites for hydroxylation is 3. The van der Waals surface area contributed by atoms with Crippen LogP contribution in [0.3, 0.4) is 0 Å². The SMILES string of the molecule is CCCc1cc(NS(=O)(=O)c2cc(C)c(C)cc2N)n[nH]1. The van der Waals surface area contributed by atoms with Gasteiger partial charge in [0.2, 0.25) is 0 Å². The van der Waals surface area contributed by atoms with Gasteiger partial charge in [-0.3, -0.25) is 9.82 Å². The number of nitrogen functional groups attached to an aromatic ring is 1. The molecule has 2 rings (SSSR count). The molecule has 4 N–H and O–H groups in total. The molecule has 0 saturated carbocycles. The molecule has 21 heavy (non-hydrogen) atoms. The van der Waals surface area contributed by atoms with E-state index in [2.05, 4.69) is 14.9 Å². The Morgan fingerprint density at radius 2 is 1.90 bits per heavy atom. The first-order valence-electron chi connectivity index (χ1n) is 6.77. The quantitative estimate of drug-likeness (QED) is 0.738. The Bertz CT molecular complexity index is 750. The summed E-state index contributed by atoms with van der Waals surface area (Å²) in [6, 6.07) is 4.93. The standard InChI is InChI=1S/C14H20N4O2S/c1-4-5-11-8-14(17-16-11)18-21(19,20)13-7-10(3)9(2)6-12(13)15/h6-8H,4-5,15H2,1-3H3,(H2,16,17,18). The molecule has 0 fully saturated rings. The number of aromatic nitrogens is 2. The molecule has 0 radical (unpaired) electrons. The third-order valence-corrected chi connectivity index (χ3v) is 4.72. The van der Waals surface area contributed by atoms with Crippen LogP contribution in [0.4, 0.5) is 11.5 Å². The average molecular weight is 308 g/mol. The van der Waals surface area contributed by atoms with Gasteiger partial charge in [0.25, 0.3) is 10.0 Å². The van der Waals surface area contributed by atoms with Gasteiger partial charge in [-0.25, -0.2) is 8.42 Å². The van der Waals surface area contributed by atoms with E-state index < -0.39 is 10.0 Å². The summed E-state index contributed by atoms with van der Waals surface area (Å²) in [5.41, 5.74) is 8.79. The highest BCUT2D eigenvalue weighted by molar-refractivity contribution is 7.92. The molecule has 0 aliphatic rings. The van der Waals surface area contributed by atoms with Gasteiger partial charge < -0.3 is 5.73 Å². The van der Waals surface area contributed by atoms with Crippen molar-refractivity contribution in [2.45, 2.75) is 38.5 Å². The van der Waals surface area contributed by atoms with E-state index in [1.165, 1.54) is 0 Å². The van der Waals surface area contributed by atoms with Crippen molar-refractivity contribution in [3.63, 3.8) is 0 Å². The Morgan fingerprint density at radius 3 is 2.57 bits per heavy atom. The fourth-order valence-electron chi connectivity index (χ4n) is 2.05. The molecule has 7 heteroatoms. The number of nitrogens with zero attached hydrogens (tertiary/aromatic N) is 1. The third kappa shape index (κ3) is 3.36. The van der Waals surface area contributed by atoms with Crippen LogP contribution < -0.4 is 10.5 Å². The molecule has 0 amide bonds. The van der Waals surface area contributed by atoms with Gasteiger partial charge in [-0.1, -0.05) is 13.3 Å². The fraction of sp³-hybridized carbons (Fsp3) is 0.357. The van der Waals surface area contributed by atoms with Crippen LogP contribution in [0, 0.1) is 13.8 Å². The predicted octanol–water partition coefficient (Wildman–Crippen LogP) is 2.36. The molecule has 1 aromatic heterocycles. The predicted molar refractivity (Wildman–Crippen MR) is 83.7 cm³/mol. The van der Waals surface area contributed by atoms with Gasteiger partial charge in [0.05, 0.1) is 5.69 Å². The summed E-state index contributed by atoms with van der Waals surface area (Å²) in [7, 11) is -3.74. The zero-order chi connectivity index (χ0) is 15.6. The minimum Gasteiger partial charge on any atom is -0.398 e. The smallest absolute Gasteiger partial charge is 0.265 e. The minimum atomic E-state index is -3.74. The van der Waals surface area contributed by atoms with Crippen LogP contribution in [0.2, 0.25) is 0 Å². The zero-order valence-corrected chi connectivity index (χ0v) is 13.2. The van der Waals surface area contributed by atoms with Crippen LogP contribution in [-0.2, 0) is 16.4 Å². The highest BCUT2D eigenvalue weighted by atomic mass is 32.2. The van der Waals surface area contributed by atoms with Gasteiger partial charge in [0.1, 0.15) is 4.90 Å². The number of anilines is 2. The third-order valence-electron chi connectivity index (χ3n) is 3.30. The van der Waals surface area contributed by atoms with E-state index in [1.807, 2.05) is 20.8 Å². The Kier molecular flexibility index (Phi) is 4.22. The van der Waals surface area contributed by atoms with Gasteiger partial charge in [-0.15, -0.1) is 0 Å². The molecule has 1 aromatic carbocycles. The average Bonchev–Trinajstić information content (AvgIpc) is 2.80. The number of hydrogen-bond acceptors (Lipinski definition) is 4.